The van der Waals surface area contributed by atoms with Gasteiger partial charge in [0.05, 0.1) is 9.26 Å². The first-order valence-corrected chi connectivity index (χ1v) is 9.43. The van der Waals surface area contributed by atoms with Crippen molar-refractivity contribution in [2.75, 3.05) is 29.9 Å². The van der Waals surface area contributed by atoms with E-state index in [0.717, 1.165) is 31.4 Å². The Labute approximate surface area is 141 Å². The van der Waals surface area contributed by atoms with Crippen LogP contribution in [0.15, 0.2) is 0 Å². The lowest BCUT2D eigenvalue weighted by atomic mass is 10.0. The molecular weight excluding hydrogens is 375 g/mol. The number of aromatic nitrogens is 2. The number of anilines is 2. The zero-order valence-corrected chi connectivity index (χ0v) is 15.0. The van der Waals surface area contributed by atoms with Gasteiger partial charge in [-0.25, -0.2) is 4.98 Å². The van der Waals surface area contributed by atoms with Gasteiger partial charge in [-0.05, 0) is 61.6 Å². The van der Waals surface area contributed by atoms with E-state index in [1.54, 1.807) is 0 Å². The minimum absolute atomic E-state index is 0.640. The maximum Gasteiger partial charge on any atom is 0.227 e. The van der Waals surface area contributed by atoms with Crippen molar-refractivity contribution in [2.45, 2.75) is 57.8 Å². The molecule has 0 amide bonds. The Hall–Kier alpha value is -0.590. The first-order valence-electron chi connectivity index (χ1n) is 8.36. The molecule has 0 spiro atoms. The smallest absolute Gasteiger partial charge is 0.227 e. The van der Waals surface area contributed by atoms with E-state index in [1.807, 2.05) is 0 Å². The predicted octanol–water partition coefficient (Wildman–Crippen LogP) is 4.16. The average molecular weight is 400 g/mol. The normalized spacial score (nSPS) is 20.0. The molecule has 3 rings (SSSR count). The van der Waals surface area contributed by atoms with Crippen LogP contribution in [0.4, 0.5) is 11.8 Å². The highest BCUT2D eigenvalue weighted by molar-refractivity contribution is 14.1. The Morgan fingerprint density at radius 2 is 1.81 bits per heavy atom. The van der Waals surface area contributed by atoms with Gasteiger partial charge in [0.25, 0.3) is 0 Å². The molecule has 2 heterocycles. The van der Waals surface area contributed by atoms with Gasteiger partial charge in [0, 0.05) is 25.6 Å². The lowest BCUT2D eigenvalue weighted by Gasteiger charge is -2.28. The van der Waals surface area contributed by atoms with Crippen LogP contribution in [0.25, 0.3) is 0 Å². The lowest BCUT2D eigenvalue weighted by Crippen LogP contribution is -2.31. The van der Waals surface area contributed by atoms with E-state index in [0.29, 0.717) is 5.92 Å². The second kappa shape index (κ2) is 7.11. The number of hydrogen-bond donors (Lipinski definition) is 1. The van der Waals surface area contributed by atoms with Crippen LogP contribution in [-0.2, 0) is 0 Å². The number of nitrogens with zero attached hydrogens (tertiary/aromatic N) is 3. The summed E-state index contributed by atoms with van der Waals surface area (Å²) in [6, 6.07) is 0. The van der Waals surface area contributed by atoms with Crippen molar-refractivity contribution in [3.8, 4) is 0 Å². The minimum atomic E-state index is 0.640. The van der Waals surface area contributed by atoms with Crippen molar-refractivity contribution < 1.29 is 0 Å². The second-order valence-corrected chi connectivity index (χ2v) is 7.21. The van der Waals surface area contributed by atoms with Crippen molar-refractivity contribution in [1.29, 1.82) is 0 Å². The van der Waals surface area contributed by atoms with Gasteiger partial charge in [0.15, 0.2) is 0 Å². The first-order chi connectivity index (χ1) is 10.3. The maximum atomic E-state index is 4.99. The van der Waals surface area contributed by atoms with Crippen LogP contribution in [0.5, 0.6) is 0 Å². The molecule has 116 valence electrons. The van der Waals surface area contributed by atoms with Crippen molar-refractivity contribution in [3.63, 3.8) is 0 Å². The zero-order chi connectivity index (χ0) is 14.7. The minimum Gasteiger partial charge on any atom is -0.369 e. The van der Waals surface area contributed by atoms with E-state index in [-0.39, 0.29) is 0 Å². The van der Waals surface area contributed by atoms with Crippen molar-refractivity contribution >= 4 is 34.4 Å². The summed E-state index contributed by atoms with van der Waals surface area (Å²) >= 11 is 2.44. The summed E-state index contributed by atoms with van der Waals surface area (Å²) in [4.78, 5) is 12.2. The number of rotatable bonds is 4. The van der Waals surface area contributed by atoms with Gasteiger partial charge >= 0.3 is 0 Å². The Morgan fingerprint density at radius 3 is 2.48 bits per heavy atom. The fourth-order valence-corrected chi connectivity index (χ4v) is 4.31. The predicted molar refractivity (Wildman–Crippen MR) is 96.2 cm³/mol. The molecule has 5 heteroatoms. The van der Waals surface area contributed by atoms with Gasteiger partial charge in [-0.3, -0.25) is 0 Å². The molecule has 1 saturated carbocycles. The molecule has 1 N–H and O–H groups in total. The summed E-state index contributed by atoms with van der Waals surface area (Å²) in [5.41, 5.74) is 1.29. The fourth-order valence-electron chi connectivity index (χ4n) is 3.44. The Morgan fingerprint density at radius 1 is 1.10 bits per heavy atom. The van der Waals surface area contributed by atoms with Crippen LogP contribution < -0.4 is 10.2 Å². The zero-order valence-electron chi connectivity index (χ0n) is 12.9. The molecule has 0 bridgehead atoms. The third-order valence-electron chi connectivity index (χ3n) is 4.59. The molecule has 0 aromatic carbocycles. The van der Waals surface area contributed by atoms with Gasteiger partial charge in [-0.15, -0.1) is 0 Å². The average Bonchev–Trinajstić information content (AvgIpc) is 3.04. The maximum absolute atomic E-state index is 4.99. The molecule has 4 nitrogen and oxygen atoms in total. The Kier molecular flexibility index (Phi) is 5.19. The Bertz CT molecular complexity index is 479. The Balaban J connectivity index is 1.94. The molecule has 1 aliphatic carbocycles. The summed E-state index contributed by atoms with van der Waals surface area (Å²) in [5.74, 6) is 2.63. The van der Waals surface area contributed by atoms with Crippen molar-refractivity contribution in [2.24, 2.45) is 0 Å². The molecule has 0 atom stereocenters. The van der Waals surface area contributed by atoms with E-state index in [9.17, 15) is 0 Å². The summed E-state index contributed by atoms with van der Waals surface area (Å²) < 4.78 is 1.24. The summed E-state index contributed by atoms with van der Waals surface area (Å²) in [6.07, 6.45) is 9.16. The first kappa shape index (κ1) is 15.3. The van der Waals surface area contributed by atoms with Crippen LogP contribution in [0.2, 0.25) is 0 Å². The lowest BCUT2D eigenvalue weighted by molar-refractivity contribution is 0.565. The number of piperidine rings is 1. The van der Waals surface area contributed by atoms with Crippen molar-refractivity contribution in [1.82, 2.24) is 9.97 Å². The number of nitrogens with one attached hydrogen (secondary N) is 1. The van der Waals surface area contributed by atoms with Gasteiger partial charge in [0.2, 0.25) is 5.95 Å². The molecule has 21 heavy (non-hydrogen) atoms. The largest absolute Gasteiger partial charge is 0.369 e. The highest BCUT2D eigenvalue weighted by atomic mass is 127. The van der Waals surface area contributed by atoms with Crippen molar-refractivity contribution in [3.05, 3.63) is 9.26 Å². The van der Waals surface area contributed by atoms with E-state index >= 15 is 0 Å². The molecular formula is C16H25IN4. The number of halogens is 1. The molecule has 0 radical (unpaired) electrons. The molecule has 1 saturated heterocycles. The van der Waals surface area contributed by atoms with E-state index in [1.165, 1.54) is 54.2 Å². The van der Waals surface area contributed by atoms with Crippen LogP contribution in [0, 0.1) is 3.57 Å². The van der Waals surface area contributed by atoms with Gasteiger partial charge in [0.1, 0.15) is 5.82 Å². The summed E-state index contributed by atoms with van der Waals surface area (Å²) in [6.45, 7) is 5.26. The fraction of sp³-hybridized carbons (Fsp3) is 0.750. The highest BCUT2D eigenvalue weighted by Gasteiger charge is 2.25. The third kappa shape index (κ3) is 3.43. The molecule has 1 aliphatic heterocycles. The quantitative estimate of drug-likeness (QED) is 0.771. The summed E-state index contributed by atoms with van der Waals surface area (Å²) in [7, 11) is 0. The van der Waals surface area contributed by atoms with Crippen LogP contribution in [0.1, 0.15) is 63.5 Å². The molecule has 2 fully saturated rings. The van der Waals surface area contributed by atoms with Crippen LogP contribution in [-0.4, -0.2) is 29.6 Å². The molecule has 1 aromatic heterocycles. The molecule has 1 aromatic rings. The molecule has 2 aliphatic rings. The number of hydrogen-bond acceptors (Lipinski definition) is 4. The van der Waals surface area contributed by atoms with Gasteiger partial charge in [-0.2, -0.15) is 4.98 Å². The SMILES string of the molecule is CCNc1nc(N2CCCCC2)nc(C2CCCC2)c1I. The van der Waals surface area contributed by atoms with Crippen LogP contribution in [0.3, 0.4) is 0 Å². The van der Waals surface area contributed by atoms with E-state index in [2.05, 4.69) is 39.7 Å². The third-order valence-corrected chi connectivity index (χ3v) is 5.65. The van der Waals surface area contributed by atoms with Crippen LogP contribution >= 0.6 is 22.6 Å². The van der Waals surface area contributed by atoms with Gasteiger partial charge in [-0.1, -0.05) is 12.8 Å². The standard InChI is InChI=1S/C16H25IN4/c1-2-18-15-13(17)14(12-8-4-5-9-12)19-16(20-15)21-10-6-3-7-11-21/h12H,2-11H2,1H3,(H,18,19,20). The van der Waals surface area contributed by atoms with E-state index < -0.39 is 0 Å². The topological polar surface area (TPSA) is 41.1 Å². The highest BCUT2D eigenvalue weighted by Crippen LogP contribution is 2.38. The van der Waals surface area contributed by atoms with Gasteiger partial charge < -0.3 is 10.2 Å². The molecule has 0 unspecified atom stereocenters. The second-order valence-electron chi connectivity index (χ2n) is 6.13. The summed E-state index contributed by atoms with van der Waals surface area (Å²) in [5, 5.41) is 3.43. The monoisotopic (exact) mass is 400 g/mol. The van der Waals surface area contributed by atoms with E-state index in [4.69, 9.17) is 9.97 Å².